The van der Waals surface area contributed by atoms with Crippen molar-refractivity contribution >= 4 is 18.6 Å². The lowest BCUT2D eigenvalue weighted by Crippen LogP contribution is -2.55. The fourth-order valence-electron chi connectivity index (χ4n) is 1.78. The van der Waals surface area contributed by atoms with Crippen LogP contribution in [0.3, 0.4) is 0 Å². The van der Waals surface area contributed by atoms with E-state index in [0.29, 0.717) is 12.1 Å². The van der Waals surface area contributed by atoms with Gasteiger partial charge in [0.1, 0.15) is 0 Å². The highest BCUT2D eigenvalue weighted by atomic mass is 28.4. The largest absolute Gasteiger partial charge is 0.411 e. The summed E-state index contributed by atoms with van der Waals surface area (Å²) in [6.07, 6.45) is -0.265. The van der Waals surface area contributed by atoms with Crippen LogP contribution in [0, 0.1) is 0 Å². The van der Waals surface area contributed by atoms with Gasteiger partial charge in [-0.2, -0.15) is 0 Å². The average Bonchev–Trinajstić information content (AvgIpc) is 2.10. The van der Waals surface area contributed by atoms with Crippen LogP contribution in [0.1, 0.15) is 20.8 Å². The number of nitrogens with one attached hydrogen (secondary N) is 1. The minimum absolute atomic E-state index is 0.0637. The van der Waals surface area contributed by atoms with Gasteiger partial charge in [-0.15, -0.1) is 0 Å². The quantitative estimate of drug-likeness (QED) is 0.711. The second-order valence-electron chi connectivity index (χ2n) is 6.55. The SMILES string of the molecule is CC(C)(C)[Si](C)(C)OC1C(O)CNCC1[SiH3]. The van der Waals surface area contributed by atoms with Crippen LogP contribution in [-0.4, -0.2) is 49.0 Å². The third-order valence-electron chi connectivity index (χ3n) is 4.00. The summed E-state index contributed by atoms with van der Waals surface area (Å²) >= 11 is 0. The highest BCUT2D eigenvalue weighted by Crippen LogP contribution is 2.39. The molecule has 96 valence electrons. The molecule has 1 aliphatic heterocycles. The summed E-state index contributed by atoms with van der Waals surface area (Å²) in [5.74, 6) is 0. The van der Waals surface area contributed by atoms with Crippen molar-refractivity contribution in [3.8, 4) is 0 Å². The Labute approximate surface area is 104 Å². The zero-order chi connectivity index (χ0) is 12.6. The van der Waals surface area contributed by atoms with Crippen molar-refractivity contribution in [3.63, 3.8) is 0 Å². The van der Waals surface area contributed by atoms with Crippen LogP contribution in [-0.2, 0) is 4.43 Å². The molecule has 3 nitrogen and oxygen atoms in total. The summed E-state index contributed by atoms with van der Waals surface area (Å²) < 4.78 is 6.35. The summed E-state index contributed by atoms with van der Waals surface area (Å²) in [4.78, 5) is 0. The van der Waals surface area contributed by atoms with E-state index in [1.807, 2.05) is 0 Å². The summed E-state index contributed by atoms with van der Waals surface area (Å²) in [6, 6.07) is 0. The van der Waals surface area contributed by atoms with Gasteiger partial charge in [-0.3, -0.25) is 0 Å². The van der Waals surface area contributed by atoms with E-state index in [2.05, 4.69) is 39.2 Å². The maximum atomic E-state index is 10.0. The molecular formula is C11H27NO2Si2. The van der Waals surface area contributed by atoms with E-state index in [1.165, 1.54) is 0 Å². The van der Waals surface area contributed by atoms with Gasteiger partial charge in [0.2, 0.25) is 0 Å². The lowest BCUT2D eigenvalue weighted by atomic mass is 10.1. The van der Waals surface area contributed by atoms with Gasteiger partial charge in [-0.25, -0.2) is 0 Å². The maximum Gasteiger partial charge on any atom is 0.192 e. The number of rotatable bonds is 2. The lowest BCUT2D eigenvalue weighted by molar-refractivity contribution is 0.00893. The van der Waals surface area contributed by atoms with E-state index in [4.69, 9.17) is 4.43 Å². The molecule has 0 aliphatic carbocycles. The molecule has 1 aliphatic rings. The monoisotopic (exact) mass is 261 g/mol. The van der Waals surface area contributed by atoms with Crippen molar-refractivity contribution in [2.45, 2.75) is 56.7 Å². The van der Waals surface area contributed by atoms with Gasteiger partial charge in [0, 0.05) is 16.8 Å². The predicted octanol–water partition coefficient (Wildman–Crippen LogP) is 0.495. The molecule has 0 bridgehead atoms. The van der Waals surface area contributed by atoms with E-state index in [1.54, 1.807) is 0 Å². The smallest absolute Gasteiger partial charge is 0.192 e. The van der Waals surface area contributed by atoms with Gasteiger partial charge < -0.3 is 14.8 Å². The average molecular weight is 262 g/mol. The van der Waals surface area contributed by atoms with Crippen molar-refractivity contribution in [2.24, 2.45) is 0 Å². The summed E-state index contributed by atoms with van der Waals surface area (Å²) in [7, 11) is -0.664. The summed E-state index contributed by atoms with van der Waals surface area (Å²) in [6.45, 7) is 12.9. The zero-order valence-electron chi connectivity index (χ0n) is 11.5. The third kappa shape index (κ3) is 3.16. The standard InChI is InChI=1S/C11H27NO2Si2/c1-11(2,3)16(4,5)14-10-8(13)6-12-7-9(10)15/h8-10,12-13H,6-7H2,1-5,15H3. The van der Waals surface area contributed by atoms with Gasteiger partial charge >= 0.3 is 0 Å². The Kier molecular flexibility index (Phi) is 4.40. The molecule has 0 aromatic carbocycles. The van der Waals surface area contributed by atoms with Gasteiger partial charge in [0.05, 0.1) is 12.2 Å². The fourth-order valence-corrected chi connectivity index (χ4v) is 4.35. The van der Waals surface area contributed by atoms with Crippen LogP contribution in [0.25, 0.3) is 0 Å². The molecule has 0 aromatic heterocycles. The Morgan fingerprint density at radius 2 is 1.88 bits per heavy atom. The van der Waals surface area contributed by atoms with Crippen molar-refractivity contribution in [2.75, 3.05) is 13.1 Å². The molecule has 0 aromatic rings. The second-order valence-corrected chi connectivity index (χ2v) is 12.8. The van der Waals surface area contributed by atoms with E-state index in [9.17, 15) is 5.11 Å². The van der Waals surface area contributed by atoms with Gasteiger partial charge in [-0.05, 0) is 30.2 Å². The first-order valence-electron chi connectivity index (χ1n) is 6.22. The normalized spacial score (nSPS) is 33.0. The molecule has 1 saturated heterocycles. The maximum absolute atomic E-state index is 10.0. The third-order valence-corrected chi connectivity index (χ3v) is 9.54. The molecule has 0 radical (unpaired) electrons. The molecule has 1 heterocycles. The molecule has 5 heteroatoms. The van der Waals surface area contributed by atoms with E-state index in [-0.39, 0.29) is 17.2 Å². The molecule has 1 rings (SSSR count). The van der Waals surface area contributed by atoms with E-state index < -0.39 is 8.32 Å². The van der Waals surface area contributed by atoms with Crippen LogP contribution in [0.5, 0.6) is 0 Å². The first-order chi connectivity index (χ1) is 7.15. The zero-order valence-corrected chi connectivity index (χ0v) is 14.5. The van der Waals surface area contributed by atoms with Gasteiger partial charge in [-0.1, -0.05) is 20.8 Å². The van der Waals surface area contributed by atoms with Crippen LogP contribution < -0.4 is 5.32 Å². The Bertz CT molecular complexity index is 231. The first-order valence-corrected chi connectivity index (χ1v) is 10.3. The Hall–Kier alpha value is 0.314. The van der Waals surface area contributed by atoms with Crippen molar-refractivity contribution in [1.82, 2.24) is 5.32 Å². The Balaban J connectivity index is 2.71. The molecule has 2 N–H and O–H groups in total. The van der Waals surface area contributed by atoms with E-state index >= 15 is 0 Å². The first kappa shape index (κ1) is 14.4. The number of aliphatic hydroxyl groups is 1. The Morgan fingerprint density at radius 1 is 1.31 bits per heavy atom. The van der Waals surface area contributed by atoms with Crippen molar-refractivity contribution in [3.05, 3.63) is 0 Å². The molecule has 3 atom stereocenters. The molecule has 3 unspecified atom stereocenters. The minimum Gasteiger partial charge on any atom is -0.411 e. The van der Waals surface area contributed by atoms with Gasteiger partial charge in [0.25, 0.3) is 0 Å². The van der Waals surface area contributed by atoms with E-state index in [0.717, 1.165) is 16.8 Å². The number of hydrogen-bond acceptors (Lipinski definition) is 3. The molecule has 0 amide bonds. The summed E-state index contributed by atoms with van der Waals surface area (Å²) in [5.41, 5.74) is 0.526. The second kappa shape index (κ2) is 4.90. The lowest BCUT2D eigenvalue weighted by Gasteiger charge is -2.44. The Morgan fingerprint density at radius 3 is 2.31 bits per heavy atom. The number of β-amino-alcohol motifs (C(OH)–C–C–N with tert-alkyl or cyclic N) is 1. The van der Waals surface area contributed by atoms with Crippen LogP contribution in [0.4, 0.5) is 0 Å². The highest BCUT2D eigenvalue weighted by molar-refractivity contribution is 6.74. The number of piperidine rings is 1. The number of aliphatic hydroxyl groups excluding tert-OH is 1. The minimum atomic E-state index is -1.74. The highest BCUT2D eigenvalue weighted by Gasteiger charge is 2.42. The van der Waals surface area contributed by atoms with Crippen molar-refractivity contribution in [1.29, 1.82) is 0 Å². The predicted molar refractivity (Wildman–Crippen MR) is 74.6 cm³/mol. The number of hydrogen-bond donors (Lipinski definition) is 2. The summed E-state index contributed by atoms with van der Waals surface area (Å²) in [5, 5.41) is 13.5. The molecule has 0 saturated carbocycles. The molecular weight excluding hydrogens is 234 g/mol. The molecule has 0 spiro atoms. The molecule has 16 heavy (non-hydrogen) atoms. The topological polar surface area (TPSA) is 41.5 Å². The van der Waals surface area contributed by atoms with Crippen molar-refractivity contribution < 1.29 is 9.53 Å². The van der Waals surface area contributed by atoms with Gasteiger partial charge in [0.15, 0.2) is 8.32 Å². The molecule has 1 fully saturated rings. The van der Waals surface area contributed by atoms with Crippen LogP contribution in [0.2, 0.25) is 23.7 Å². The van der Waals surface area contributed by atoms with Crippen LogP contribution >= 0.6 is 0 Å². The van der Waals surface area contributed by atoms with Crippen LogP contribution in [0.15, 0.2) is 0 Å². The fraction of sp³-hybridized carbons (Fsp3) is 1.00.